The Morgan fingerprint density at radius 3 is 3.00 bits per heavy atom. The third-order valence-corrected chi connectivity index (χ3v) is 4.13. The molecular weight excluding hydrogens is 264 g/mol. The van der Waals surface area contributed by atoms with E-state index in [-0.39, 0.29) is 0 Å². The molecule has 5 heteroatoms. The van der Waals surface area contributed by atoms with E-state index in [1.165, 1.54) is 12.8 Å². The summed E-state index contributed by atoms with van der Waals surface area (Å²) in [6, 6.07) is 6.57. The molecule has 2 aromatic rings. The van der Waals surface area contributed by atoms with E-state index < -0.39 is 0 Å². The van der Waals surface area contributed by atoms with Crippen molar-refractivity contribution in [1.29, 1.82) is 0 Å². The van der Waals surface area contributed by atoms with Gasteiger partial charge in [-0.3, -0.25) is 4.90 Å². The maximum absolute atomic E-state index is 5.69. The summed E-state index contributed by atoms with van der Waals surface area (Å²) in [7, 11) is 2.12. The number of anilines is 1. The largest absolute Gasteiger partial charge is 0.465 e. The number of aryl methyl sites for hydroxylation is 1. The fourth-order valence-corrected chi connectivity index (χ4v) is 2.96. The summed E-state index contributed by atoms with van der Waals surface area (Å²) in [5.74, 6) is 3.03. The van der Waals surface area contributed by atoms with Gasteiger partial charge in [0.1, 0.15) is 23.7 Å². The first-order valence-electron chi connectivity index (χ1n) is 7.49. The fourth-order valence-electron chi connectivity index (χ4n) is 2.96. The minimum absolute atomic E-state index is 0.490. The smallest absolute Gasteiger partial charge is 0.131 e. The molecule has 0 spiro atoms. The van der Waals surface area contributed by atoms with Crippen LogP contribution in [-0.4, -0.2) is 41.0 Å². The van der Waals surface area contributed by atoms with Crippen LogP contribution >= 0.6 is 0 Å². The third kappa shape index (κ3) is 3.42. The topological polar surface area (TPSA) is 45.4 Å². The number of nitrogens with zero attached hydrogens (tertiary/aromatic N) is 4. The minimum atomic E-state index is 0.490. The van der Waals surface area contributed by atoms with Crippen LogP contribution in [0, 0.1) is 6.92 Å². The highest BCUT2D eigenvalue weighted by atomic mass is 16.3. The number of likely N-dealkylation sites (tertiary alicyclic amines) is 1. The molecule has 1 fully saturated rings. The van der Waals surface area contributed by atoms with Gasteiger partial charge >= 0.3 is 0 Å². The van der Waals surface area contributed by atoms with Crippen molar-refractivity contribution in [1.82, 2.24) is 14.9 Å². The van der Waals surface area contributed by atoms with Gasteiger partial charge < -0.3 is 9.32 Å². The molecule has 2 aromatic heterocycles. The number of likely N-dealkylation sites (N-methyl/N-ethyl adjacent to an activating group) is 1. The highest BCUT2D eigenvalue weighted by molar-refractivity contribution is 5.36. The van der Waals surface area contributed by atoms with Gasteiger partial charge in [-0.15, -0.1) is 0 Å². The molecule has 1 aliphatic heterocycles. The van der Waals surface area contributed by atoms with Crippen LogP contribution in [0.15, 0.2) is 35.1 Å². The summed E-state index contributed by atoms with van der Waals surface area (Å²) in [6.45, 7) is 5.06. The fraction of sp³-hybridized carbons (Fsp3) is 0.500. The van der Waals surface area contributed by atoms with Crippen molar-refractivity contribution in [3.05, 3.63) is 42.2 Å². The van der Waals surface area contributed by atoms with Gasteiger partial charge in [-0.2, -0.15) is 0 Å². The van der Waals surface area contributed by atoms with E-state index in [4.69, 9.17) is 4.42 Å². The van der Waals surface area contributed by atoms with E-state index >= 15 is 0 Å². The number of piperidine rings is 1. The summed E-state index contributed by atoms with van der Waals surface area (Å²) >= 11 is 0. The Kier molecular flexibility index (Phi) is 4.20. The van der Waals surface area contributed by atoms with Crippen molar-refractivity contribution >= 4 is 5.82 Å². The molecule has 0 amide bonds. The average Bonchev–Trinajstić information content (AvgIpc) is 2.93. The number of rotatable bonds is 4. The SMILES string of the molecule is Cc1ccc(CN2CCCC(N(C)c3ccncn3)C2)o1. The molecule has 0 aromatic carbocycles. The Bertz CT molecular complexity index is 569. The summed E-state index contributed by atoms with van der Waals surface area (Å²) in [6.07, 6.45) is 5.82. The van der Waals surface area contributed by atoms with Crippen molar-refractivity contribution in [3.8, 4) is 0 Å². The lowest BCUT2D eigenvalue weighted by atomic mass is 10.0. The molecule has 1 aliphatic rings. The van der Waals surface area contributed by atoms with E-state index in [2.05, 4.69) is 32.9 Å². The Morgan fingerprint density at radius 2 is 2.29 bits per heavy atom. The monoisotopic (exact) mass is 286 g/mol. The summed E-state index contributed by atoms with van der Waals surface area (Å²) in [5.41, 5.74) is 0. The molecule has 21 heavy (non-hydrogen) atoms. The van der Waals surface area contributed by atoms with Gasteiger partial charge in [0.15, 0.2) is 0 Å². The molecule has 3 heterocycles. The van der Waals surface area contributed by atoms with E-state index in [0.717, 1.165) is 37.0 Å². The van der Waals surface area contributed by atoms with Gasteiger partial charge in [-0.1, -0.05) is 0 Å². The Morgan fingerprint density at radius 1 is 1.38 bits per heavy atom. The van der Waals surface area contributed by atoms with Crippen LogP contribution in [0.25, 0.3) is 0 Å². The average molecular weight is 286 g/mol. The number of hydrogen-bond donors (Lipinski definition) is 0. The van der Waals surface area contributed by atoms with Gasteiger partial charge in [-0.05, 0) is 44.5 Å². The van der Waals surface area contributed by atoms with Gasteiger partial charge in [0.05, 0.1) is 6.54 Å². The second-order valence-corrected chi connectivity index (χ2v) is 5.72. The molecule has 0 saturated carbocycles. The highest BCUT2D eigenvalue weighted by Gasteiger charge is 2.24. The van der Waals surface area contributed by atoms with Crippen LogP contribution in [0.4, 0.5) is 5.82 Å². The van der Waals surface area contributed by atoms with Crippen molar-refractivity contribution in [2.75, 3.05) is 25.0 Å². The second-order valence-electron chi connectivity index (χ2n) is 5.72. The molecule has 112 valence electrons. The highest BCUT2D eigenvalue weighted by Crippen LogP contribution is 2.21. The van der Waals surface area contributed by atoms with Crippen molar-refractivity contribution < 1.29 is 4.42 Å². The molecular formula is C16H22N4O. The summed E-state index contributed by atoms with van der Waals surface area (Å²) in [4.78, 5) is 13.1. The van der Waals surface area contributed by atoms with Gasteiger partial charge in [0.25, 0.3) is 0 Å². The first kappa shape index (κ1) is 14.1. The maximum Gasteiger partial charge on any atom is 0.131 e. The number of aromatic nitrogens is 2. The molecule has 0 radical (unpaired) electrons. The van der Waals surface area contributed by atoms with Gasteiger partial charge in [-0.25, -0.2) is 9.97 Å². The molecule has 0 N–H and O–H groups in total. The first-order chi connectivity index (χ1) is 10.2. The molecule has 0 aliphatic carbocycles. The zero-order valence-electron chi connectivity index (χ0n) is 12.7. The predicted octanol–water partition coefficient (Wildman–Crippen LogP) is 2.48. The maximum atomic E-state index is 5.69. The number of hydrogen-bond acceptors (Lipinski definition) is 5. The Labute approximate surface area is 125 Å². The van der Waals surface area contributed by atoms with Crippen molar-refractivity contribution in [2.24, 2.45) is 0 Å². The lowest BCUT2D eigenvalue weighted by Gasteiger charge is -2.37. The first-order valence-corrected chi connectivity index (χ1v) is 7.49. The van der Waals surface area contributed by atoms with E-state index in [0.29, 0.717) is 6.04 Å². The second kappa shape index (κ2) is 6.26. The molecule has 3 rings (SSSR count). The van der Waals surface area contributed by atoms with Gasteiger partial charge in [0, 0.05) is 25.8 Å². The van der Waals surface area contributed by atoms with E-state index in [1.54, 1.807) is 12.5 Å². The predicted molar refractivity (Wildman–Crippen MR) is 82.2 cm³/mol. The Hall–Kier alpha value is -1.88. The molecule has 1 saturated heterocycles. The number of furan rings is 1. The summed E-state index contributed by atoms with van der Waals surface area (Å²) in [5, 5.41) is 0. The lowest BCUT2D eigenvalue weighted by molar-refractivity contribution is 0.184. The third-order valence-electron chi connectivity index (χ3n) is 4.13. The van der Waals surface area contributed by atoms with Gasteiger partial charge in [0.2, 0.25) is 0 Å². The minimum Gasteiger partial charge on any atom is -0.465 e. The molecule has 1 atom stereocenters. The van der Waals surface area contributed by atoms with Crippen LogP contribution in [-0.2, 0) is 6.54 Å². The zero-order valence-corrected chi connectivity index (χ0v) is 12.7. The normalized spacial score (nSPS) is 19.6. The molecule has 1 unspecified atom stereocenters. The van der Waals surface area contributed by atoms with Crippen LogP contribution in [0.5, 0.6) is 0 Å². The van der Waals surface area contributed by atoms with Crippen LogP contribution < -0.4 is 4.90 Å². The molecule has 0 bridgehead atoms. The Balaban J connectivity index is 1.63. The van der Waals surface area contributed by atoms with Crippen molar-refractivity contribution in [3.63, 3.8) is 0 Å². The molecule has 5 nitrogen and oxygen atoms in total. The standard InChI is InChI=1S/C16H22N4O/c1-13-5-6-15(21-13)11-20-9-3-4-14(10-20)19(2)16-7-8-17-12-18-16/h5-8,12,14H,3-4,9-11H2,1-2H3. The van der Waals surface area contributed by atoms with E-state index in [1.807, 2.05) is 19.1 Å². The van der Waals surface area contributed by atoms with Crippen LogP contribution in [0.3, 0.4) is 0 Å². The van der Waals surface area contributed by atoms with Crippen molar-refractivity contribution in [2.45, 2.75) is 32.4 Å². The van der Waals surface area contributed by atoms with E-state index in [9.17, 15) is 0 Å². The van der Waals surface area contributed by atoms with Crippen LogP contribution in [0.1, 0.15) is 24.4 Å². The quantitative estimate of drug-likeness (QED) is 0.864. The lowest BCUT2D eigenvalue weighted by Crippen LogP contribution is -2.46. The zero-order chi connectivity index (χ0) is 14.7. The van der Waals surface area contributed by atoms with Crippen LogP contribution in [0.2, 0.25) is 0 Å². The summed E-state index contributed by atoms with van der Waals surface area (Å²) < 4.78 is 5.69.